The van der Waals surface area contributed by atoms with Crippen molar-refractivity contribution in [2.24, 2.45) is 5.92 Å². The van der Waals surface area contributed by atoms with Crippen molar-refractivity contribution in [3.63, 3.8) is 0 Å². The van der Waals surface area contributed by atoms with Gasteiger partial charge in [0.2, 0.25) is 0 Å². The van der Waals surface area contributed by atoms with E-state index in [1.165, 1.54) is 4.90 Å². The third kappa shape index (κ3) is 6.43. The Balaban J connectivity index is 0.00000216. The molecule has 1 aliphatic rings. The lowest BCUT2D eigenvalue weighted by Crippen LogP contribution is -2.29. The molecule has 1 aromatic carbocycles. The second kappa shape index (κ2) is 13.7. The topological polar surface area (TPSA) is 95.1 Å². The molecular weight excluding hydrogens is 502 g/mol. The van der Waals surface area contributed by atoms with Gasteiger partial charge in [-0.15, -0.1) is 0 Å². The van der Waals surface area contributed by atoms with Crippen molar-refractivity contribution in [1.82, 2.24) is 14.3 Å². The summed E-state index contributed by atoms with van der Waals surface area (Å²) in [7, 11) is 0. The second-order valence-corrected chi connectivity index (χ2v) is 10.1. The zero-order valence-electron chi connectivity index (χ0n) is 24.8. The molecule has 0 bridgehead atoms. The van der Waals surface area contributed by atoms with Crippen molar-refractivity contribution < 1.29 is 19.8 Å². The molecule has 3 aromatic rings. The third-order valence-electron chi connectivity index (χ3n) is 7.49. The number of aliphatic hydroxyl groups excluding tert-OH is 2. The number of nitrogens with zero attached hydrogens (tertiary/aromatic N) is 3. The number of carbonyl (C=O) groups excluding carboxylic acids is 2. The number of β-amino-alcohol motifs (C(OH)–C–C–N with tert-alkyl or cyclic N) is 2. The average molecular weight is 546 g/mol. The Morgan fingerprint density at radius 1 is 1.07 bits per heavy atom. The predicted molar refractivity (Wildman–Crippen MR) is 161 cm³/mol. The van der Waals surface area contributed by atoms with E-state index in [0.29, 0.717) is 22.7 Å². The number of allylic oxidation sites excluding steroid dienone is 4. The lowest BCUT2D eigenvalue weighted by atomic mass is 9.91. The van der Waals surface area contributed by atoms with Crippen LogP contribution in [0.15, 0.2) is 60.3 Å². The number of ketones is 1. The van der Waals surface area contributed by atoms with Crippen LogP contribution >= 0.6 is 0 Å². The monoisotopic (exact) mass is 545 g/mol. The van der Waals surface area contributed by atoms with Gasteiger partial charge in [-0.25, -0.2) is 4.98 Å². The molecule has 1 fully saturated rings. The molecule has 1 amide bonds. The van der Waals surface area contributed by atoms with Gasteiger partial charge in [0, 0.05) is 30.4 Å². The summed E-state index contributed by atoms with van der Waals surface area (Å²) in [6.45, 7) is 14.0. The van der Waals surface area contributed by atoms with Crippen molar-refractivity contribution in [3.05, 3.63) is 77.1 Å². The first-order valence-corrected chi connectivity index (χ1v) is 14.3. The Hall–Kier alpha value is -3.55. The van der Waals surface area contributed by atoms with Gasteiger partial charge < -0.3 is 19.5 Å². The Morgan fingerprint density at radius 2 is 1.73 bits per heavy atom. The van der Waals surface area contributed by atoms with Gasteiger partial charge in [0.05, 0.1) is 23.6 Å². The largest absolute Gasteiger partial charge is 0.388 e. The normalized spacial score (nSPS) is 18.5. The number of imidazole rings is 1. The third-order valence-corrected chi connectivity index (χ3v) is 7.49. The first kappa shape index (κ1) is 31.0. The molecule has 1 saturated heterocycles. The van der Waals surface area contributed by atoms with Crippen molar-refractivity contribution in [2.45, 2.75) is 73.5 Å². The molecule has 40 heavy (non-hydrogen) atoms. The minimum atomic E-state index is -0.932. The van der Waals surface area contributed by atoms with Crippen molar-refractivity contribution >= 4 is 22.9 Å². The average Bonchev–Trinajstić information content (AvgIpc) is 3.51. The van der Waals surface area contributed by atoms with Gasteiger partial charge in [-0.05, 0) is 55.0 Å². The number of hydrogen-bond acceptors (Lipinski definition) is 5. The fourth-order valence-electron chi connectivity index (χ4n) is 4.83. The van der Waals surface area contributed by atoms with E-state index in [1.54, 1.807) is 19.1 Å². The zero-order valence-corrected chi connectivity index (χ0v) is 24.8. The molecule has 2 N–H and O–H groups in total. The first-order valence-electron chi connectivity index (χ1n) is 14.3. The van der Waals surface area contributed by atoms with Crippen LogP contribution in [0, 0.1) is 5.92 Å². The van der Waals surface area contributed by atoms with E-state index in [4.69, 9.17) is 4.98 Å². The zero-order chi connectivity index (χ0) is 29.6. The predicted octanol–water partition coefficient (Wildman–Crippen LogP) is 5.73. The minimum absolute atomic E-state index is 0.0228. The molecule has 0 spiro atoms. The number of hydrogen-bond donors (Lipinski definition) is 2. The molecule has 7 heteroatoms. The maximum Gasteiger partial charge on any atom is 0.254 e. The van der Waals surface area contributed by atoms with Crippen molar-refractivity contribution in [3.8, 4) is 11.3 Å². The van der Waals surface area contributed by atoms with E-state index < -0.39 is 12.2 Å². The molecule has 214 valence electrons. The lowest BCUT2D eigenvalue weighted by molar-refractivity contribution is -0.113. The highest BCUT2D eigenvalue weighted by molar-refractivity contribution is 6.04. The summed E-state index contributed by atoms with van der Waals surface area (Å²) in [5, 5.41) is 19.7. The van der Waals surface area contributed by atoms with Crippen LogP contribution in [0.5, 0.6) is 0 Å². The number of aryl methyl sites for hydroxylation is 1. The van der Waals surface area contributed by atoms with E-state index in [0.717, 1.165) is 40.9 Å². The number of likely N-dealkylation sites (tertiary alicyclic amines) is 1. The summed E-state index contributed by atoms with van der Waals surface area (Å²) in [6.07, 6.45) is 5.92. The highest BCUT2D eigenvalue weighted by Crippen LogP contribution is 2.34. The molecule has 0 aliphatic carbocycles. The van der Waals surface area contributed by atoms with Gasteiger partial charge in [0.1, 0.15) is 5.65 Å². The Bertz CT molecular complexity index is 1410. The number of Topliss-reactive ketones (excluding diaryl/α,β-unsaturated/α-hetero) is 1. The van der Waals surface area contributed by atoms with Gasteiger partial charge in [-0.1, -0.05) is 77.5 Å². The lowest BCUT2D eigenvalue weighted by Gasteiger charge is -2.15. The number of aliphatic hydroxyl groups is 2. The molecule has 4 rings (SSSR count). The van der Waals surface area contributed by atoms with Crippen molar-refractivity contribution in [1.29, 1.82) is 0 Å². The van der Waals surface area contributed by atoms with Crippen LogP contribution in [-0.4, -0.2) is 61.5 Å². The number of pyridine rings is 1. The van der Waals surface area contributed by atoms with Crippen LogP contribution < -0.4 is 0 Å². The molecule has 1 aliphatic heterocycles. The van der Waals surface area contributed by atoms with Crippen LogP contribution in [0.1, 0.15) is 76.5 Å². The highest BCUT2D eigenvalue weighted by Gasteiger charge is 2.33. The minimum Gasteiger partial charge on any atom is -0.388 e. The fraction of sp³-hybridized carbons (Fsp3) is 0.424. The molecule has 3 heterocycles. The molecule has 3 atom stereocenters. The van der Waals surface area contributed by atoms with E-state index in [1.807, 2.05) is 55.6 Å². The summed E-state index contributed by atoms with van der Waals surface area (Å²) in [5.41, 5.74) is 6.36. The summed E-state index contributed by atoms with van der Waals surface area (Å²) >= 11 is 0. The van der Waals surface area contributed by atoms with Crippen molar-refractivity contribution in [2.75, 3.05) is 13.1 Å². The van der Waals surface area contributed by atoms with Crippen LogP contribution in [0.3, 0.4) is 0 Å². The highest BCUT2D eigenvalue weighted by atomic mass is 16.3. The summed E-state index contributed by atoms with van der Waals surface area (Å²) in [5.74, 6) is 0.158. The van der Waals surface area contributed by atoms with Gasteiger partial charge in [-0.2, -0.15) is 0 Å². The molecular formula is C33H43N3O4. The number of amides is 1. The standard InChI is InChI=1S/C31H37N3O4.C2H6/c1-6-19(3)12-13-23(20(4)21(5)35)24-10-8-9-11-25(24)30-26(7-2)34-15-14-22(16-29(34)32-30)31(38)33-17-27(36)28(37)18-33;1-2/h8-16,19,27-28,36-37H,6-7,17-18H2,1-5H3;1-2H3/b13-12-,23-20+;. The number of rotatable bonds is 8. The maximum absolute atomic E-state index is 13.1. The Kier molecular flexibility index (Phi) is 10.6. The second-order valence-electron chi connectivity index (χ2n) is 10.1. The molecule has 0 radical (unpaired) electrons. The van der Waals surface area contributed by atoms with Gasteiger partial charge in [-0.3, -0.25) is 9.59 Å². The van der Waals surface area contributed by atoms with Crippen LogP contribution in [0.2, 0.25) is 0 Å². The summed E-state index contributed by atoms with van der Waals surface area (Å²) < 4.78 is 1.99. The van der Waals surface area contributed by atoms with E-state index in [-0.39, 0.29) is 24.8 Å². The number of aromatic nitrogens is 2. The quantitative estimate of drug-likeness (QED) is 0.278. The maximum atomic E-state index is 13.1. The molecule has 0 saturated carbocycles. The van der Waals surface area contributed by atoms with Crippen LogP contribution in [-0.2, 0) is 11.2 Å². The van der Waals surface area contributed by atoms with Gasteiger partial charge in [0.15, 0.2) is 5.78 Å². The SMILES string of the molecule is CC.CCc1c(-c2ccccc2C(/C=C\C(C)CC)=C(\C)C(C)=O)nc2cc(C(=O)N3CC(O)C(O)C3)ccn12. The number of fused-ring (bicyclic) bond motifs is 1. The molecule has 7 nitrogen and oxygen atoms in total. The Morgan fingerprint density at radius 3 is 2.33 bits per heavy atom. The first-order chi connectivity index (χ1) is 19.2. The van der Waals surface area contributed by atoms with Gasteiger partial charge >= 0.3 is 0 Å². The fourth-order valence-corrected chi connectivity index (χ4v) is 4.83. The van der Waals surface area contributed by atoms with Gasteiger partial charge in [0.25, 0.3) is 5.91 Å². The van der Waals surface area contributed by atoms with E-state index >= 15 is 0 Å². The van der Waals surface area contributed by atoms with E-state index in [2.05, 4.69) is 32.9 Å². The van der Waals surface area contributed by atoms with Crippen LogP contribution in [0.4, 0.5) is 0 Å². The van der Waals surface area contributed by atoms with Crippen LogP contribution in [0.25, 0.3) is 22.5 Å². The molecule has 2 aromatic heterocycles. The number of carbonyl (C=O) groups is 2. The smallest absolute Gasteiger partial charge is 0.254 e. The molecule has 3 unspecified atom stereocenters. The summed E-state index contributed by atoms with van der Waals surface area (Å²) in [4.78, 5) is 32.0. The van der Waals surface area contributed by atoms with E-state index in [9.17, 15) is 19.8 Å². The summed E-state index contributed by atoms with van der Waals surface area (Å²) in [6, 6.07) is 11.5. The Labute approximate surface area is 237 Å². The number of benzene rings is 1.